The lowest BCUT2D eigenvalue weighted by atomic mass is 10.1. The number of halogens is 2. The van der Waals surface area contributed by atoms with Crippen LogP contribution in [0.5, 0.6) is 0 Å². The fourth-order valence-electron chi connectivity index (χ4n) is 2.04. The highest BCUT2D eigenvalue weighted by molar-refractivity contribution is 7.99. The molecule has 0 saturated heterocycles. The maximum atomic E-state index is 13.0. The van der Waals surface area contributed by atoms with Gasteiger partial charge in [-0.3, -0.25) is 0 Å². The summed E-state index contributed by atoms with van der Waals surface area (Å²) in [4.78, 5) is 1.00. The van der Waals surface area contributed by atoms with Gasteiger partial charge in [-0.1, -0.05) is 35.5 Å². The van der Waals surface area contributed by atoms with Crippen molar-refractivity contribution in [2.24, 2.45) is 0 Å². The molecule has 1 heterocycles. The number of nitriles is 1. The van der Waals surface area contributed by atoms with Gasteiger partial charge in [0.2, 0.25) is 0 Å². The molecule has 1 aromatic heterocycles. The largest absolute Gasteiger partial charge is 0.450 e. The minimum Gasteiger partial charge on any atom is -0.450 e. The van der Waals surface area contributed by atoms with E-state index in [9.17, 15) is 9.65 Å². The highest BCUT2D eigenvalue weighted by atomic mass is 35.5. The summed E-state index contributed by atoms with van der Waals surface area (Å²) in [5, 5.41) is 10.7. The number of hydrogen-bond acceptors (Lipinski definition) is 3. The van der Waals surface area contributed by atoms with Crippen molar-refractivity contribution in [2.45, 2.75) is 9.99 Å². The van der Waals surface area contributed by atoms with Gasteiger partial charge in [-0.2, -0.15) is 5.26 Å². The smallest absolute Gasteiger partial charge is 0.165 e. The third-order valence-electron chi connectivity index (χ3n) is 3.20. The molecular formula is C19H11ClFNOS. The van der Waals surface area contributed by atoms with E-state index in [2.05, 4.69) is 6.07 Å². The first kappa shape index (κ1) is 16.4. The molecule has 3 rings (SSSR count). The van der Waals surface area contributed by atoms with E-state index in [0.717, 1.165) is 4.90 Å². The fourth-order valence-corrected chi connectivity index (χ4v) is 2.94. The maximum absolute atomic E-state index is 13.0. The molecule has 0 N–H and O–H groups in total. The fraction of sp³-hybridized carbons (Fsp3) is 0. The van der Waals surface area contributed by atoms with Crippen molar-refractivity contribution < 1.29 is 8.81 Å². The number of nitrogens with zero attached hydrogens (tertiary/aromatic N) is 1. The number of allylic oxidation sites excluding steroid dienone is 1. The predicted octanol–water partition coefficient (Wildman–Crippen LogP) is 6.29. The summed E-state index contributed by atoms with van der Waals surface area (Å²) in [6, 6.07) is 19.0. The molecule has 0 bridgehead atoms. The summed E-state index contributed by atoms with van der Waals surface area (Å²) in [6.07, 6.45) is 1.64. The maximum Gasteiger partial charge on any atom is 0.165 e. The normalized spacial score (nSPS) is 11.3. The molecule has 24 heavy (non-hydrogen) atoms. The highest BCUT2D eigenvalue weighted by Gasteiger charge is 2.06. The van der Waals surface area contributed by atoms with E-state index in [4.69, 9.17) is 16.0 Å². The summed E-state index contributed by atoms with van der Waals surface area (Å²) in [5.41, 5.74) is 1.05. The second-order valence-electron chi connectivity index (χ2n) is 4.89. The molecule has 118 valence electrons. The van der Waals surface area contributed by atoms with Crippen molar-refractivity contribution in [3.8, 4) is 6.07 Å². The Kier molecular flexibility index (Phi) is 5.05. The Morgan fingerprint density at radius 1 is 1.04 bits per heavy atom. The van der Waals surface area contributed by atoms with Crippen molar-refractivity contribution in [3.05, 3.63) is 82.8 Å². The number of benzene rings is 2. The molecule has 0 aliphatic heterocycles. The number of hydrogen-bond donors (Lipinski definition) is 0. The van der Waals surface area contributed by atoms with E-state index in [1.165, 1.54) is 23.9 Å². The Balaban J connectivity index is 1.80. The van der Waals surface area contributed by atoms with E-state index >= 15 is 0 Å². The highest BCUT2D eigenvalue weighted by Crippen LogP contribution is 2.31. The molecule has 0 radical (unpaired) electrons. The lowest BCUT2D eigenvalue weighted by Gasteiger charge is -1.99. The zero-order valence-corrected chi connectivity index (χ0v) is 13.9. The van der Waals surface area contributed by atoms with Crippen LogP contribution in [-0.4, -0.2) is 0 Å². The first-order valence-corrected chi connectivity index (χ1v) is 8.24. The van der Waals surface area contributed by atoms with Crippen molar-refractivity contribution in [2.75, 3.05) is 0 Å². The number of rotatable bonds is 4. The average molecular weight is 356 g/mol. The van der Waals surface area contributed by atoms with Gasteiger partial charge < -0.3 is 4.42 Å². The lowest BCUT2D eigenvalue weighted by Crippen LogP contribution is -1.82. The van der Waals surface area contributed by atoms with Crippen LogP contribution in [0.4, 0.5) is 4.39 Å². The van der Waals surface area contributed by atoms with Gasteiger partial charge in [0.05, 0.1) is 11.6 Å². The van der Waals surface area contributed by atoms with Gasteiger partial charge in [0.1, 0.15) is 11.6 Å². The first-order chi connectivity index (χ1) is 11.6. The minimum absolute atomic E-state index is 0.337. The van der Waals surface area contributed by atoms with Crippen molar-refractivity contribution in [1.82, 2.24) is 0 Å². The van der Waals surface area contributed by atoms with Crippen molar-refractivity contribution in [3.63, 3.8) is 0 Å². The molecule has 0 amide bonds. The Hall–Kier alpha value is -2.48. The zero-order valence-electron chi connectivity index (χ0n) is 12.4. The van der Waals surface area contributed by atoms with Gasteiger partial charge >= 0.3 is 0 Å². The van der Waals surface area contributed by atoms with Crippen LogP contribution in [0.15, 0.2) is 75.1 Å². The van der Waals surface area contributed by atoms with Gasteiger partial charge in [-0.05, 0) is 60.2 Å². The van der Waals surface area contributed by atoms with Gasteiger partial charge in [0.25, 0.3) is 0 Å². The SMILES string of the molecule is N#C/C(=C/c1ccc(Sc2ccc(Cl)cc2)o1)c1ccc(F)cc1. The molecule has 0 aliphatic rings. The van der Waals surface area contributed by atoms with E-state index < -0.39 is 0 Å². The van der Waals surface area contributed by atoms with E-state index in [1.54, 1.807) is 24.3 Å². The van der Waals surface area contributed by atoms with Crippen LogP contribution in [0, 0.1) is 17.1 Å². The van der Waals surface area contributed by atoms with Crippen LogP contribution >= 0.6 is 23.4 Å². The molecular weight excluding hydrogens is 345 g/mol. The van der Waals surface area contributed by atoms with Crippen LogP contribution in [0.2, 0.25) is 5.02 Å². The molecule has 3 aromatic rings. The Morgan fingerprint density at radius 3 is 2.42 bits per heavy atom. The molecule has 0 saturated carbocycles. The Bertz CT molecular complexity index is 908. The topological polar surface area (TPSA) is 36.9 Å². The summed E-state index contributed by atoms with van der Waals surface area (Å²) >= 11 is 7.33. The quantitative estimate of drug-likeness (QED) is 0.516. The third-order valence-corrected chi connectivity index (χ3v) is 4.38. The summed E-state index contributed by atoms with van der Waals surface area (Å²) in [7, 11) is 0. The van der Waals surface area contributed by atoms with Crippen LogP contribution < -0.4 is 0 Å². The lowest BCUT2D eigenvalue weighted by molar-refractivity contribution is 0.466. The van der Waals surface area contributed by atoms with Crippen LogP contribution in [0.25, 0.3) is 11.6 Å². The second kappa shape index (κ2) is 7.39. The molecule has 0 atom stereocenters. The van der Waals surface area contributed by atoms with Gasteiger partial charge in [0.15, 0.2) is 5.09 Å². The predicted molar refractivity (Wildman–Crippen MR) is 94.2 cm³/mol. The van der Waals surface area contributed by atoms with E-state index in [1.807, 2.05) is 30.3 Å². The molecule has 2 nitrogen and oxygen atoms in total. The summed E-state index contributed by atoms with van der Waals surface area (Å²) in [6.45, 7) is 0. The van der Waals surface area contributed by atoms with Crippen LogP contribution in [0.1, 0.15) is 11.3 Å². The van der Waals surface area contributed by atoms with Crippen LogP contribution in [-0.2, 0) is 0 Å². The van der Waals surface area contributed by atoms with Gasteiger partial charge in [0, 0.05) is 9.92 Å². The first-order valence-electron chi connectivity index (χ1n) is 7.05. The molecule has 0 spiro atoms. The second-order valence-corrected chi connectivity index (χ2v) is 6.40. The molecule has 0 fully saturated rings. The molecule has 0 aliphatic carbocycles. The molecule has 2 aromatic carbocycles. The van der Waals surface area contributed by atoms with E-state index in [0.29, 0.717) is 27.0 Å². The monoisotopic (exact) mass is 355 g/mol. The van der Waals surface area contributed by atoms with Crippen LogP contribution in [0.3, 0.4) is 0 Å². The summed E-state index contributed by atoms with van der Waals surface area (Å²) < 4.78 is 18.7. The third kappa shape index (κ3) is 4.08. The van der Waals surface area contributed by atoms with Gasteiger partial charge in [-0.25, -0.2) is 4.39 Å². The molecule has 0 unspecified atom stereocenters. The van der Waals surface area contributed by atoms with E-state index in [-0.39, 0.29) is 5.82 Å². The van der Waals surface area contributed by atoms with Gasteiger partial charge in [-0.15, -0.1) is 0 Å². The Labute approximate surface area is 148 Å². The summed E-state index contributed by atoms with van der Waals surface area (Å²) in [5.74, 6) is 0.225. The zero-order chi connectivity index (χ0) is 16.9. The van der Waals surface area contributed by atoms with Crippen molar-refractivity contribution >= 4 is 35.0 Å². The minimum atomic E-state index is -0.337. The van der Waals surface area contributed by atoms with Crippen molar-refractivity contribution in [1.29, 1.82) is 5.26 Å². The molecule has 5 heteroatoms. The number of furan rings is 1. The Morgan fingerprint density at radius 2 is 1.75 bits per heavy atom. The standard InChI is InChI=1S/C19H11ClFNOS/c20-15-3-8-18(9-4-15)24-19-10-7-17(23-19)11-14(12-22)13-1-5-16(21)6-2-13/h1-11H/b14-11-. The average Bonchev–Trinajstić information content (AvgIpc) is 3.03.